The summed E-state index contributed by atoms with van der Waals surface area (Å²) < 4.78 is 12.4. The van der Waals surface area contributed by atoms with Gasteiger partial charge in [0.1, 0.15) is 6.10 Å². The van der Waals surface area contributed by atoms with Gasteiger partial charge >= 0.3 is 0 Å². The molecule has 2 saturated heterocycles. The molecule has 0 spiro atoms. The van der Waals surface area contributed by atoms with E-state index in [1.54, 1.807) is 0 Å². The molecule has 6 nitrogen and oxygen atoms in total. The van der Waals surface area contributed by atoms with Crippen LogP contribution in [0.25, 0.3) is 0 Å². The molecule has 2 heterocycles. The molecule has 2 aliphatic heterocycles. The van der Waals surface area contributed by atoms with Gasteiger partial charge in [0.05, 0.1) is 24.1 Å². The summed E-state index contributed by atoms with van der Waals surface area (Å²) in [6.45, 7) is 9.94. The number of nitriles is 3. The third kappa shape index (κ3) is 2.58. The van der Waals surface area contributed by atoms with Gasteiger partial charge in [0.15, 0.2) is 5.41 Å². The first-order valence-electron chi connectivity index (χ1n) is 10.4. The van der Waals surface area contributed by atoms with Gasteiger partial charge in [0.2, 0.25) is 17.1 Å². The maximum Gasteiger partial charge on any atom is 0.217 e. The number of hydrogen-bond acceptors (Lipinski definition) is 6. The Bertz CT molecular complexity index is 872. The number of nitrogens with zero attached hydrogens (tertiary/aromatic N) is 3. The molecule has 0 aromatic heterocycles. The molecule has 0 aromatic carbocycles. The molecular weight excluding hydrogens is 364 g/mol. The van der Waals surface area contributed by atoms with Crippen LogP contribution in [0.1, 0.15) is 59.3 Å². The average Bonchev–Trinajstić information content (AvgIpc) is 2.91. The van der Waals surface area contributed by atoms with Crippen molar-refractivity contribution in [1.29, 1.82) is 21.2 Å². The van der Waals surface area contributed by atoms with Crippen LogP contribution in [0.5, 0.6) is 0 Å². The lowest BCUT2D eigenvalue weighted by molar-refractivity contribution is -0.275. The van der Waals surface area contributed by atoms with Crippen molar-refractivity contribution in [1.82, 2.24) is 0 Å². The molecule has 2 bridgehead atoms. The van der Waals surface area contributed by atoms with Crippen LogP contribution in [-0.4, -0.2) is 17.8 Å². The summed E-state index contributed by atoms with van der Waals surface area (Å²) in [4.78, 5) is 0. The summed E-state index contributed by atoms with van der Waals surface area (Å²) >= 11 is 0. The minimum absolute atomic E-state index is 0.304. The fourth-order valence-corrected chi connectivity index (χ4v) is 5.55. The van der Waals surface area contributed by atoms with Crippen molar-refractivity contribution in [3.63, 3.8) is 0 Å². The van der Waals surface area contributed by atoms with E-state index >= 15 is 0 Å². The minimum Gasteiger partial charge on any atom is -0.447 e. The Balaban J connectivity index is 2.20. The van der Waals surface area contributed by atoms with Crippen molar-refractivity contribution in [3.8, 4) is 18.2 Å². The van der Waals surface area contributed by atoms with Crippen LogP contribution in [0.15, 0.2) is 23.8 Å². The highest BCUT2D eigenvalue weighted by atomic mass is 16.7. The Morgan fingerprint density at radius 1 is 1.28 bits per heavy atom. The zero-order valence-corrected chi connectivity index (χ0v) is 17.4. The van der Waals surface area contributed by atoms with Crippen molar-refractivity contribution < 1.29 is 9.47 Å². The molecule has 0 radical (unpaired) electrons. The van der Waals surface area contributed by atoms with Gasteiger partial charge in [0.25, 0.3) is 0 Å². The summed E-state index contributed by atoms with van der Waals surface area (Å²) in [5, 5.41) is 39.3. The Kier molecular flexibility index (Phi) is 5.33. The number of ether oxygens (including phenoxy) is 2. The first-order chi connectivity index (χ1) is 13.8. The highest BCUT2D eigenvalue weighted by Gasteiger charge is 2.79. The van der Waals surface area contributed by atoms with Crippen LogP contribution in [0.2, 0.25) is 0 Å². The summed E-state index contributed by atoms with van der Waals surface area (Å²) in [5.74, 6) is -1.63. The number of hydrogen-bond donors (Lipinski definition) is 1. The van der Waals surface area contributed by atoms with E-state index in [9.17, 15) is 15.8 Å². The monoisotopic (exact) mass is 392 g/mol. The standard InChI is InChI=1S/C23H28N4O2/c1-5-11-23-18(6-2)22(14-26,20(27)29-23)21(12-24,13-25)19(28-23)17-9-7-16(8-10-17)15(3)4/h9,16,18-19,27H,3,5-8,10-11H2,1-2,4H3. The van der Waals surface area contributed by atoms with Gasteiger partial charge in [-0.25, -0.2) is 0 Å². The predicted molar refractivity (Wildman–Crippen MR) is 107 cm³/mol. The zero-order valence-electron chi connectivity index (χ0n) is 17.4. The molecule has 5 unspecified atom stereocenters. The van der Waals surface area contributed by atoms with Crippen molar-refractivity contribution in [3.05, 3.63) is 23.8 Å². The highest BCUT2D eigenvalue weighted by molar-refractivity contribution is 5.89. The topological polar surface area (TPSA) is 114 Å². The molecule has 6 heteroatoms. The SMILES string of the molecule is C=C(C)C1CC=C(C2OC3(CCC)OC(=N)C(C#N)(C3CC)C2(C#N)C#N)CC1. The van der Waals surface area contributed by atoms with Crippen molar-refractivity contribution in [2.75, 3.05) is 0 Å². The third-order valence-electron chi connectivity index (χ3n) is 7.03. The van der Waals surface area contributed by atoms with Gasteiger partial charge in [0, 0.05) is 6.42 Å². The van der Waals surface area contributed by atoms with Gasteiger partial charge in [-0.05, 0) is 50.5 Å². The summed E-state index contributed by atoms with van der Waals surface area (Å²) in [7, 11) is 0. The van der Waals surface area contributed by atoms with Gasteiger partial charge < -0.3 is 9.47 Å². The van der Waals surface area contributed by atoms with Crippen molar-refractivity contribution in [2.45, 2.75) is 71.2 Å². The second-order valence-corrected chi connectivity index (χ2v) is 8.50. The quantitative estimate of drug-likeness (QED) is 0.677. The number of allylic oxidation sites excluding steroid dienone is 2. The second kappa shape index (κ2) is 7.33. The van der Waals surface area contributed by atoms with Crippen molar-refractivity contribution in [2.24, 2.45) is 22.7 Å². The van der Waals surface area contributed by atoms with Crippen LogP contribution in [-0.2, 0) is 9.47 Å². The van der Waals surface area contributed by atoms with Gasteiger partial charge in [-0.15, -0.1) is 0 Å². The largest absolute Gasteiger partial charge is 0.447 e. The van der Waals surface area contributed by atoms with Crippen LogP contribution in [0.4, 0.5) is 0 Å². The van der Waals surface area contributed by atoms with Gasteiger partial charge in [-0.1, -0.05) is 32.1 Å². The van der Waals surface area contributed by atoms with Gasteiger partial charge in [-0.2, -0.15) is 15.8 Å². The lowest BCUT2D eigenvalue weighted by atomic mass is 9.52. The molecule has 29 heavy (non-hydrogen) atoms. The highest BCUT2D eigenvalue weighted by Crippen LogP contribution is 2.65. The Labute approximate surface area is 172 Å². The van der Waals surface area contributed by atoms with Crippen LogP contribution in [0.3, 0.4) is 0 Å². The summed E-state index contributed by atoms with van der Waals surface area (Å²) in [6, 6.07) is 6.48. The summed E-state index contributed by atoms with van der Waals surface area (Å²) in [5.41, 5.74) is -1.49. The lowest BCUT2D eigenvalue weighted by Gasteiger charge is -2.50. The molecule has 2 fully saturated rings. The van der Waals surface area contributed by atoms with E-state index in [0.29, 0.717) is 25.2 Å². The van der Waals surface area contributed by atoms with Crippen molar-refractivity contribution >= 4 is 5.90 Å². The first-order valence-corrected chi connectivity index (χ1v) is 10.4. The second-order valence-electron chi connectivity index (χ2n) is 8.50. The maximum atomic E-state index is 10.3. The van der Waals surface area contributed by atoms with Crippen LogP contribution < -0.4 is 0 Å². The van der Waals surface area contributed by atoms with E-state index in [1.165, 1.54) is 0 Å². The van der Waals surface area contributed by atoms with E-state index < -0.39 is 28.6 Å². The Morgan fingerprint density at radius 2 is 1.97 bits per heavy atom. The van der Waals surface area contributed by atoms with E-state index in [-0.39, 0.29) is 5.90 Å². The summed E-state index contributed by atoms with van der Waals surface area (Å²) in [6.07, 6.45) is 5.17. The predicted octanol–water partition coefficient (Wildman–Crippen LogP) is 4.76. The molecule has 3 rings (SSSR count). The fraction of sp³-hybridized carbons (Fsp3) is 0.652. The zero-order chi connectivity index (χ0) is 21.4. The molecule has 0 saturated carbocycles. The molecule has 3 aliphatic rings. The maximum absolute atomic E-state index is 10.3. The number of fused-ring (bicyclic) bond motifs is 2. The first kappa shape index (κ1) is 21.1. The molecule has 0 amide bonds. The van der Waals surface area contributed by atoms with E-state index in [2.05, 4.69) is 24.8 Å². The molecule has 1 aliphatic carbocycles. The fourth-order valence-electron chi connectivity index (χ4n) is 5.55. The normalized spacial score (nSPS) is 37.4. The van der Waals surface area contributed by atoms with Crippen LogP contribution >= 0.6 is 0 Å². The van der Waals surface area contributed by atoms with E-state index in [0.717, 1.165) is 30.4 Å². The Morgan fingerprint density at radius 3 is 2.41 bits per heavy atom. The van der Waals surface area contributed by atoms with E-state index in [1.807, 2.05) is 26.8 Å². The lowest BCUT2D eigenvalue weighted by Crippen LogP contribution is -2.63. The molecule has 152 valence electrons. The number of nitrogens with one attached hydrogen (secondary N) is 1. The molecule has 5 atom stereocenters. The number of rotatable bonds is 5. The average molecular weight is 393 g/mol. The minimum atomic E-state index is -1.82. The van der Waals surface area contributed by atoms with Gasteiger partial charge in [-0.3, -0.25) is 5.41 Å². The Hall–Kier alpha value is -2.62. The molecule has 1 N–H and O–H groups in total. The molecule has 0 aromatic rings. The van der Waals surface area contributed by atoms with Crippen LogP contribution in [0, 0.1) is 62.1 Å². The van der Waals surface area contributed by atoms with E-state index in [4.69, 9.17) is 14.9 Å². The third-order valence-corrected chi connectivity index (χ3v) is 7.03. The smallest absolute Gasteiger partial charge is 0.217 e. The molecular formula is C23H28N4O2.